The van der Waals surface area contributed by atoms with Gasteiger partial charge in [-0.05, 0) is 62.1 Å². The summed E-state index contributed by atoms with van der Waals surface area (Å²) < 4.78 is 2.12. The van der Waals surface area contributed by atoms with Gasteiger partial charge in [0.1, 0.15) is 0 Å². The summed E-state index contributed by atoms with van der Waals surface area (Å²) in [7, 11) is 0. The van der Waals surface area contributed by atoms with Gasteiger partial charge in [-0.25, -0.2) is 0 Å². The summed E-state index contributed by atoms with van der Waals surface area (Å²) in [6.07, 6.45) is 0.894. The first-order valence-corrected chi connectivity index (χ1v) is 8.37. The van der Waals surface area contributed by atoms with Crippen molar-refractivity contribution in [3.8, 4) is 0 Å². The van der Waals surface area contributed by atoms with E-state index < -0.39 is 0 Å². The van der Waals surface area contributed by atoms with Crippen molar-refractivity contribution in [3.63, 3.8) is 0 Å². The van der Waals surface area contributed by atoms with Gasteiger partial charge < -0.3 is 5.73 Å². The van der Waals surface area contributed by atoms with Gasteiger partial charge in [-0.15, -0.1) is 0 Å². The minimum Gasteiger partial charge on any atom is -0.399 e. The normalized spacial score (nSPS) is 11.0. The number of nitrogens with zero attached hydrogens (tertiary/aromatic N) is 2. The van der Waals surface area contributed by atoms with Crippen molar-refractivity contribution < 1.29 is 0 Å². The molecule has 1 aromatic heterocycles. The Balaban J connectivity index is 1.85. The number of aryl methyl sites for hydroxylation is 3. The Labute approximate surface area is 144 Å². The van der Waals surface area contributed by atoms with E-state index in [1.54, 1.807) is 0 Å². The average molecular weight is 319 g/mol. The molecular formula is C21H25N3. The maximum absolute atomic E-state index is 5.78. The van der Waals surface area contributed by atoms with Gasteiger partial charge in [0.15, 0.2) is 0 Å². The molecule has 0 bridgehead atoms. The monoisotopic (exact) mass is 319 g/mol. The molecule has 24 heavy (non-hydrogen) atoms. The van der Waals surface area contributed by atoms with E-state index in [-0.39, 0.29) is 0 Å². The first-order valence-electron chi connectivity index (χ1n) is 8.37. The maximum atomic E-state index is 5.78. The van der Waals surface area contributed by atoms with Crippen molar-refractivity contribution in [2.45, 2.75) is 40.7 Å². The van der Waals surface area contributed by atoms with Crippen LogP contribution in [0.15, 0.2) is 42.5 Å². The Kier molecular flexibility index (Phi) is 4.43. The van der Waals surface area contributed by atoms with Gasteiger partial charge in [0.2, 0.25) is 0 Å². The first kappa shape index (κ1) is 16.3. The van der Waals surface area contributed by atoms with Crippen molar-refractivity contribution >= 4 is 5.69 Å². The quantitative estimate of drug-likeness (QED) is 0.727. The minimum absolute atomic E-state index is 0.803. The van der Waals surface area contributed by atoms with Crippen LogP contribution in [-0.4, -0.2) is 9.78 Å². The van der Waals surface area contributed by atoms with Crippen LogP contribution < -0.4 is 5.73 Å². The van der Waals surface area contributed by atoms with Crippen LogP contribution in [-0.2, 0) is 13.0 Å². The van der Waals surface area contributed by atoms with E-state index in [0.29, 0.717) is 0 Å². The van der Waals surface area contributed by atoms with Crippen LogP contribution in [0.4, 0.5) is 5.69 Å². The molecule has 0 saturated heterocycles. The number of hydrogen-bond donors (Lipinski definition) is 1. The van der Waals surface area contributed by atoms with E-state index in [2.05, 4.69) is 62.7 Å². The number of benzene rings is 2. The molecule has 0 unspecified atom stereocenters. The smallest absolute Gasteiger partial charge is 0.0662 e. The van der Waals surface area contributed by atoms with Crippen LogP contribution in [0.2, 0.25) is 0 Å². The van der Waals surface area contributed by atoms with Crippen molar-refractivity contribution in [2.24, 2.45) is 0 Å². The second-order valence-electron chi connectivity index (χ2n) is 6.64. The van der Waals surface area contributed by atoms with Crippen molar-refractivity contribution in [2.75, 3.05) is 5.73 Å². The fourth-order valence-corrected chi connectivity index (χ4v) is 3.06. The van der Waals surface area contributed by atoms with Crippen LogP contribution in [0.5, 0.6) is 0 Å². The van der Waals surface area contributed by atoms with Gasteiger partial charge >= 0.3 is 0 Å². The molecule has 0 saturated carbocycles. The van der Waals surface area contributed by atoms with E-state index in [0.717, 1.165) is 24.3 Å². The van der Waals surface area contributed by atoms with Crippen molar-refractivity contribution in [3.05, 3.63) is 81.7 Å². The van der Waals surface area contributed by atoms with Gasteiger partial charge in [0, 0.05) is 23.4 Å². The molecule has 124 valence electrons. The molecule has 0 fully saturated rings. The summed E-state index contributed by atoms with van der Waals surface area (Å²) in [5.41, 5.74) is 15.5. The molecule has 3 nitrogen and oxygen atoms in total. The Hall–Kier alpha value is -2.55. The van der Waals surface area contributed by atoms with E-state index in [1.807, 2.05) is 12.1 Å². The predicted octanol–water partition coefficient (Wildman–Crippen LogP) is 4.34. The lowest BCUT2D eigenvalue weighted by Crippen LogP contribution is -2.05. The van der Waals surface area contributed by atoms with Gasteiger partial charge in [-0.2, -0.15) is 5.10 Å². The highest BCUT2D eigenvalue weighted by molar-refractivity contribution is 5.41. The van der Waals surface area contributed by atoms with Crippen molar-refractivity contribution in [1.82, 2.24) is 9.78 Å². The minimum atomic E-state index is 0.803. The first-order chi connectivity index (χ1) is 11.4. The number of rotatable bonds is 4. The van der Waals surface area contributed by atoms with Crippen LogP contribution in [0.3, 0.4) is 0 Å². The highest BCUT2D eigenvalue weighted by Crippen LogP contribution is 2.20. The lowest BCUT2D eigenvalue weighted by atomic mass is 10.0. The summed E-state index contributed by atoms with van der Waals surface area (Å²) >= 11 is 0. The molecule has 0 aliphatic carbocycles. The maximum Gasteiger partial charge on any atom is 0.0662 e. The Morgan fingerprint density at radius 2 is 1.54 bits per heavy atom. The zero-order chi connectivity index (χ0) is 17.3. The molecule has 0 amide bonds. The molecule has 3 aromatic rings. The largest absolute Gasteiger partial charge is 0.399 e. The van der Waals surface area contributed by atoms with Gasteiger partial charge in [-0.3, -0.25) is 4.68 Å². The third-order valence-electron chi connectivity index (χ3n) is 4.80. The van der Waals surface area contributed by atoms with Crippen LogP contribution in [0.1, 0.15) is 39.2 Å². The topological polar surface area (TPSA) is 43.8 Å². The number of hydrogen-bond acceptors (Lipinski definition) is 2. The van der Waals surface area contributed by atoms with E-state index in [4.69, 9.17) is 10.8 Å². The molecule has 0 spiro atoms. The summed E-state index contributed by atoms with van der Waals surface area (Å²) in [5, 5.41) is 4.76. The molecular weight excluding hydrogens is 294 g/mol. The zero-order valence-corrected chi connectivity index (χ0v) is 14.9. The highest BCUT2D eigenvalue weighted by atomic mass is 15.3. The van der Waals surface area contributed by atoms with Crippen LogP contribution in [0.25, 0.3) is 0 Å². The van der Waals surface area contributed by atoms with Crippen molar-refractivity contribution in [1.29, 1.82) is 0 Å². The third kappa shape index (κ3) is 3.35. The summed E-state index contributed by atoms with van der Waals surface area (Å²) in [4.78, 5) is 0. The summed E-state index contributed by atoms with van der Waals surface area (Å²) in [6, 6.07) is 14.7. The number of aromatic nitrogens is 2. The highest BCUT2D eigenvalue weighted by Gasteiger charge is 2.12. The van der Waals surface area contributed by atoms with E-state index >= 15 is 0 Å². The molecule has 0 aliphatic rings. The molecule has 2 N–H and O–H groups in total. The fourth-order valence-electron chi connectivity index (χ4n) is 3.06. The zero-order valence-electron chi connectivity index (χ0n) is 14.9. The third-order valence-corrected chi connectivity index (χ3v) is 4.80. The lowest BCUT2D eigenvalue weighted by molar-refractivity contribution is 0.658. The Morgan fingerprint density at radius 3 is 2.21 bits per heavy atom. The fraction of sp³-hybridized carbons (Fsp3) is 0.286. The molecule has 0 aliphatic heterocycles. The summed E-state index contributed by atoms with van der Waals surface area (Å²) in [5.74, 6) is 0. The summed E-state index contributed by atoms with van der Waals surface area (Å²) in [6.45, 7) is 9.37. The lowest BCUT2D eigenvalue weighted by Gasteiger charge is -2.08. The molecule has 2 aromatic carbocycles. The Bertz CT molecular complexity index is 858. The molecule has 0 radical (unpaired) electrons. The number of anilines is 1. The number of nitrogens with two attached hydrogens (primary N) is 1. The molecule has 3 heteroatoms. The molecule has 0 atom stereocenters. The second kappa shape index (κ2) is 6.52. The molecule has 1 heterocycles. The van der Waals surface area contributed by atoms with Crippen LogP contribution in [0, 0.1) is 27.7 Å². The van der Waals surface area contributed by atoms with Gasteiger partial charge in [-0.1, -0.05) is 30.3 Å². The second-order valence-corrected chi connectivity index (χ2v) is 6.64. The van der Waals surface area contributed by atoms with Gasteiger partial charge in [0.05, 0.1) is 12.2 Å². The SMILES string of the molecule is Cc1ccc(Cn2nc(C)c(Cc3ccc(N)cc3)c2C)cc1C. The van der Waals surface area contributed by atoms with E-state index in [1.165, 1.54) is 33.5 Å². The molecule has 3 rings (SSSR count). The average Bonchev–Trinajstić information content (AvgIpc) is 2.80. The number of nitrogen functional groups attached to an aromatic ring is 1. The van der Waals surface area contributed by atoms with Gasteiger partial charge in [0.25, 0.3) is 0 Å². The standard InChI is InChI=1S/C21H25N3/c1-14-5-6-19(11-15(14)2)13-24-17(4)21(16(3)23-24)12-18-7-9-20(22)10-8-18/h5-11H,12-13,22H2,1-4H3. The van der Waals surface area contributed by atoms with Crippen LogP contribution >= 0.6 is 0 Å². The van der Waals surface area contributed by atoms with E-state index in [9.17, 15) is 0 Å². The Morgan fingerprint density at radius 1 is 0.875 bits per heavy atom. The predicted molar refractivity (Wildman–Crippen MR) is 100 cm³/mol.